The monoisotopic (exact) mass is 840 g/mol. The molecule has 19 heteroatoms. The maximum atomic E-state index is 13.7. The van der Waals surface area contributed by atoms with Crippen LogP contribution in [-0.2, 0) is 4.79 Å². The highest BCUT2D eigenvalue weighted by Crippen LogP contribution is 2.38. The highest BCUT2D eigenvalue weighted by molar-refractivity contribution is 6.33. The number of carbonyl (C=O) groups is 2. The second kappa shape index (κ2) is 17.3. The van der Waals surface area contributed by atoms with E-state index in [2.05, 4.69) is 25.9 Å². The molecule has 7 rings (SSSR count). The second-order valence-electron chi connectivity index (χ2n) is 14.3. The molecule has 2 fully saturated rings. The number of pyridine rings is 1. The molecule has 58 heavy (non-hydrogen) atoms. The summed E-state index contributed by atoms with van der Waals surface area (Å²) in [6.07, 6.45) is -6.43. The molecule has 0 bridgehead atoms. The van der Waals surface area contributed by atoms with Crippen molar-refractivity contribution in [3.05, 3.63) is 101 Å². The summed E-state index contributed by atoms with van der Waals surface area (Å²) in [5.74, 6) is -1.55. The van der Waals surface area contributed by atoms with E-state index in [4.69, 9.17) is 33.2 Å². The van der Waals surface area contributed by atoms with E-state index in [0.717, 1.165) is 11.1 Å². The molecule has 5 aromatic rings. The van der Waals surface area contributed by atoms with Crippen LogP contribution < -0.4 is 20.9 Å². The van der Waals surface area contributed by atoms with Crippen LogP contribution in [0.4, 0.5) is 35.4 Å². The van der Waals surface area contributed by atoms with Gasteiger partial charge < -0.3 is 40.5 Å². The van der Waals surface area contributed by atoms with Crippen LogP contribution in [-0.4, -0.2) is 108 Å². The smallest absolute Gasteiger partial charge is 0.388 e. The fraction of sp³-hybridized carbons (Fsp3) is 0.385. The highest BCUT2D eigenvalue weighted by atomic mass is 35.5. The van der Waals surface area contributed by atoms with E-state index >= 15 is 0 Å². The predicted octanol–water partition coefficient (Wildman–Crippen LogP) is 6.01. The number of aliphatic hydroxyl groups is 2. The molecular weight excluding hydrogens is 800 g/mol. The molecule has 0 unspecified atom stereocenters. The van der Waals surface area contributed by atoms with Crippen molar-refractivity contribution in [3.8, 4) is 0 Å². The molecule has 1 aliphatic carbocycles. The van der Waals surface area contributed by atoms with Crippen molar-refractivity contribution < 1.29 is 33.0 Å². The average molecular weight is 842 g/mol. The Bertz CT molecular complexity index is 2180. The van der Waals surface area contributed by atoms with E-state index in [9.17, 15) is 33.0 Å². The number of nitrogens with one attached hydrogen (secondary N) is 3. The zero-order chi connectivity index (χ0) is 41.1. The number of aliphatic hydroxyl groups excluding tert-OH is 2. The zero-order valence-corrected chi connectivity index (χ0v) is 32.7. The molecule has 2 aliphatic rings. The summed E-state index contributed by atoms with van der Waals surface area (Å²) in [5.41, 5.74) is 3.05. The van der Waals surface area contributed by atoms with Crippen LogP contribution in [0.3, 0.4) is 0 Å². The Balaban J connectivity index is 1.20. The number of anilines is 3. The number of hydrogen-bond acceptors (Lipinski definition) is 10. The number of rotatable bonds is 12. The summed E-state index contributed by atoms with van der Waals surface area (Å²) < 4.78 is 42.5. The molecular formula is C39H41Cl2F3N10O4. The number of carbonyl (C=O) groups excluding carboxylic acids is 2. The summed E-state index contributed by atoms with van der Waals surface area (Å²) in [6, 6.07) is 19.7. The fourth-order valence-electron chi connectivity index (χ4n) is 7.75. The lowest BCUT2D eigenvalue weighted by atomic mass is 9.91. The Kier molecular flexibility index (Phi) is 12.2. The fourth-order valence-corrected chi connectivity index (χ4v) is 8.21. The minimum Gasteiger partial charge on any atom is -0.388 e. The Morgan fingerprint density at radius 2 is 1.62 bits per heavy atom. The summed E-state index contributed by atoms with van der Waals surface area (Å²) >= 11 is 12.0. The van der Waals surface area contributed by atoms with Gasteiger partial charge in [0.15, 0.2) is 17.0 Å². The molecule has 306 valence electrons. The van der Waals surface area contributed by atoms with Gasteiger partial charge in [-0.2, -0.15) is 23.1 Å². The maximum Gasteiger partial charge on any atom is 0.471 e. The minimum atomic E-state index is -5.16. The van der Waals surface area contributed by atoms with Crippen molar-refractivity contribution in [2.45, 2.75) is 68.6 Å². The van der Waals surface area contributed by atoms with Crippen molar-refractivity contribution in [3.63, 3.8) is 0 Å². The van der Waals surface area contributed by atoms with Crippen molar-refractivity contribution >= 4 is 63.8 Å². The number of halogens is 5. The van der Waals surface area contributed by atoms with Crippen molar-refractivity contribution in [1.82, 2.24) is 34.7 Å². The molecule has 5 N–H and O–H groups in total. The largest absolute Gasteiger partial charge is 0.471 e. The van der Waals surface area contributed by atoms with Crippen LogP contribution in [0.25, 0.3) is 11.2 Å². The average Bonchev–Trinajstić information content (AvgIpc) is 3.91. The number of hydrogen-bond donors (Lipinski definition) is 5. The maximum absolute atomic E-state index is 13.7. The first-order chi connectivity index (χ1) is 27.8. The van der Waals surface area contributed by atoms with Crippen LogP contribution in [0, 0.1) is 0 Å². The van der Waals surface area contributed by atoms with Crippen molar-refractivity contribution in [2.75, 3.05) is 41.7 Å². The third kappa shape index (κ3) is 8.92. The van der Waals surface area contributed by atoms with Crippen molar-refractivity contribution in [1.29, 1.82) is 0 Å². The molecule has 3 amide bonds. The molecule has 0 radical (unpaired) electrons. The van der Waals surface area contributed by atoms with Gasteiger partial charge in [0.1, 0.15) is 22.5 Å². The molecule has 4 heterocycles. The van der Waals surface area contributed by atoms with Gasteiger partial charge in [-0.05, 0) is 42.5 Å². The van der Waals surface area contributed by atoms with Gasteiger partial charge in [-0.1, -0.05) is 90.8 Å². The Morgan fingerprint density at radius 3 is 2.24 bits per heavy atom. The summed E-state index contributed by atoms with van der Waals surface area (Å²) in [4.78, 5) is 46.2. The second-order valence-corrected chi connectivity index (χ2v) is 15.1. The Morgan fingerprint density at radius 1 is 0.966 bits per heavy atom. The molecule has 1 saturated carbocycles. The zero-order valence-electron chi connectivity index (χ0n) is 31.2. The van der Waals surface area contributed by atoms with Crippen LogP contribution in [0.5, 0.6) is 0 Å². The number of imidazole rings is 1. The van der Waals surface area contributed by atoms with E-state index in [1.54, 1.807) is 6.92 Å². The Labute approximate surface area is 341 Å². The van der Waals surface area contributed by atoms with Gasteiger partial charge in [0, 0.05) is 43.8 Å². The number of fused-ring (bicyclic) bond motifs is 1. The first-order valence-electron chi connectivity index (χ1n) is 18.8. The number of aromatic nitrogens is 5. The third-order valence-electron chi connectivity index (χ3n) is 10.5. The van der Waals surface area contributed by atoms with Gasteiger partial charge >= 0.3 is 18.1 Å². The van der Waals surface area contributed by atoms with E-state index in [1.165, 1.54) is 23.0 Å². The van der Waals surface area contributed by atoms with E-state index < -0.39 is 42.4 Å². The molecule has 1 saturated heterocycles. The first-order valence-corrected chi connectivity index (χ1v) is 19.5. The van der Waals surface area contributed by atoms with Gasteiger partial charge in [0.05, 0.1) is 18.4 Å². The number of benzene rings is 2. The number of amides is 3. The first kappa shape index (κ1) is 40.9. The molecule has 3 aromatic heterocycles. The van der Waals surface area contributed by atoms with Crippen LogP contribution >= 0.6 is 23.2 Å². The minimum absolute atomic E-state index is 0.106. The van der Waals surface area contributed by atoms with E-state index in [1.807, 2.05) is 65.6 Å². The quantitative estimate of drug-likeness (QED) is 0.0938. The standard InChI is InChI=1S/C39H41Cl2F3N10O4/c1-2-14-53(36(57)39(42,43)44)27-18-28(33(56)32(27)55)54-21-46-31-34(45-19-26(22-9-5-3-6-10-22)23-11-7-4-8-12-23)50-37(51-35(31)54)52-15-13-24(20-52)47-38(58)48-25-16-29(40)49-30(41)17-25/h3-12,16-17,21,24,26-28,32-33,55-56H,2,13-15,18-20H2,1H3,(H,45,50,51)(H2,47,48,49,58)/t24-,27+,28-,32-,33+/m1/s1. The van der Waals surface area contributed by atoms with Gasteiger partial charge in [-0.3, -0.25) is 4.79 Å². The predicted molar refractivity (Wildman–Crippen MR) is 213 cm³/mol. The molecule has 2 aromatic carbocycles. The molecule has 5 atom stereocenters. The van der Waals surface area contributed by atoms with E-state index in [0.29, 0.717) is 48.0 Å². The highest BCUT2D eigenvalue weighted by Gasteiger charge is 2.51. The molecule has 0 spiro atoms. The normalized spacial score (nSPS) is 20.8. The van der Waals surface area contributed by atoms with Gasteiger partial charge in [-0.15, -0.1) is 0 Å². The number of alkyl halides is 3. The Hall–Kier alpha value is -5.23. The third-order valence-corrected chi connectivity index (χ3v) is 10.8. The van der Waals surface area contributed by atoms with Crippen LogP contribution in [0.1, 0.15) is 49.3 Å². The SMILES string of the molecule is CCCN(C(=O)C(F)(F)F)[C@H]1C[C@@H](n2cnc3c(NCC(c4ccccc4)c4ccccc4)nc(N4CC[C@@H](NC(=O)Nc5cc(Cl)nc(Cl)c5)C4)nc32)[C@H](O)[C@@H]1O. The lowest BCUT2D eigenvalue weighted by molar-refractivity contribution is -0.190. The summed E-state index contributed by atoms with van der Waals surface area (Å²) in [6.45, 7) is 2.52. The van der Waals surface area contributed by atoms with Crippen LogP contribution in [0.2, 0.25) is 10.3 Å². The van der Waals surface area contributed by atoms with Gasteiger partial charge in [0.25, 0.3) is 0 Å². The lowest BCUT2D eigenvalue weighted by Gasteiger charge is -2.31. The summed E-state index contributed by atoms with van der Waals surface area (Å²) in [7, 11) is 0. The lowest BCUT2D eigenvalue weighted by Crippen LogP contribution is -2.51. The number of urea groups is 1. The van der Waals surface area contributed by atoms with E-state index in [-0.39, 0.29) is 53.2 Å². The van der Waals surface area contributed by atoms with Gasteiger partial charge in [-0.25, -0.2) is 14.8 Å². The van der Waals surface area contributed by atoms with Crippen molar-refractivity contribution in [2.24, 2.45) is 0 Å². The molecule has 1 aliphatic heterocycles. The van der Waals surface area contributed by atoms with Gasteiger partial charge in [0.2, 0.25) is 5.95 Å². The summed E-state index contributed by atoms with van der Waals surface area (Å²) in [5, 5.41) is 31.8. The number of nitrogens with zero attached hydrogens (tertiary/aromatic N) is 7. The van der Waals surface area contributed by atoms with Crippen LogP contribution in [0.15, 0.2) is 79.1 Å². The topological polar surface area (TPSA) is 174 Å². The molecule has 14 nitrogen and oxygen atoms in total.